The predicted octanol–water partition coefficient (Wildman–Crippen LogP) is 4.41. The summed E-state index contributed by atoms with van der Waals surface area (Å²) >= 11 is 3.61. The molecule has 1 unspecified atom stereocenters. The lowest BCUT2D eigenvalue weighted by molar-refractivity contribution is 0.377. The third kappa shape index (κ3) is 5.22. The molecule has 1 nitrogen and oxygen atoms in total. The summed E-state index contributed by atoms with van der Waals surface area (Å²) in [5.74, 6) is 0.717. The molecule has 0 heterocycles. The molecule has 0 spiro atoms. The van der Waals surface area contributed by atoms with Crippen LogP contribution in [0.5, 0.6) is 0 Å². The van der Waals surface area contributed by atoms with Gasteiger partial charge in [-0.25, -0.2) is 0 Å². The lowest BCUT2D eigenvalue weighted by atomic mass is 9.97. The first-order valence-corrected chi connectivity index (χ1v) is 7.41. The minimum absolute atomic E-state index is 0.655. The Kier molecular flexibility index (Phi) is 6.83. The SMILES string of the molecule is CCNC(CCCc1ccccc1Br)C(C)C. The smallest absolute Gasteiger partial charge is 0.0207 e. The van der Waals surface area contributed by atoms with Gasteiger partial charge in [-0.2, -0.15) is 0 Å². The summed E-state index contributed by atoms with van der Waals surface area (Å²) in [7, 11) is 0. The van der Waals surface area contributed by atoms with E-state index < -0.39 is 0 Å². The van der Waals surface area contributed by atoms with E-state index in [1.807, 2.05) is 0 Å². The van der Waals surface area contributed by atoms with E-state index in [0.717, 1.165) is 13.0 Å². The zero-order valence-corrected chi connectivity index (χ0v) is 12.8. The Balaban J connectivity index is 2.38. The van der Waals surface area contributed by atoms with Crippen LogP contribution < -0.4 is 5.32 Å². The fourth-order valence-electron chi connectivity index (χ4n) is 2.15. The van der Waals surface area contributed by atoms with Crippen molar-refractivity contribution >= 4 is 15.9 Å². The molecule has 17 heavy (non-hydrogen) atoms. The van der Waals surface area contributed by atoms with Gasteiger partial charge in [0.25, 0.3) is 0 Å². The van der Waals surface area contributed by atoms with Gasteiger partial charge in [-0.1, -0.05) is 54.9 Å². The van der Waals surface area contributed by atoms with Crippen LogP contribution in [0.25, 0.3) is 0 Å². The second kappa shape index (κ2) is 7.88. The Morgan fingerprint density at radius 1 is 1.24 bits per heavy atom. The maximum atomic E-state index is 3.61. The van der Waals surface area contributed by atoms with Crippen LogP contribution in [0.2, 0.25) is 0 Å². The van der Waals surface area contributed by atoms with Crippen LogP contribution >= 0.6 is 15.9 Å². The van der Waals surface area contributed by atoms with E-state index in [9.17, 15) is 0 Å². The summed E-state index contributed by atoms with van der Waals surface area (Å²) in [6.45, 7) is 7.85. The lowest BCUT2D eigenvalue weighted by Crippen LogP contribution is -2.33. The van der Waals surface area contributed by atoms with Gasteiger partial charge >= 0.3 is 0 Å². The molecule has 1 atom stereocenters. The zero-order valence-electron chi connectivity index (χ0n) is 11.2. The molecule has 0 fully saturated rings. The van der Waals surface area contributed by atoms with Crippen molar-refractivity contribution in [3.05, 3.63) is 34.3 Å². The number of benzene rings is 1. The highest BCUT2D eigenvalue weighted by atomic mass is 79.9. The average Bonchev–Trinajstić information content (AvgIpc) is 2.30. The van der Waals surface area contributed by atoms with E-state index >= 15 is 0 Å². The number of rotatable bonds is 7. The first-order chi connectivity index (χ1) is 8.15. The van der Waals surface area contributed by atoms with E-state index in [2.05, 4.69) is 66.3 Å². The number of nitrogens with one attached hydrogen (secondary N) is 1. The van der Waals surface area contributed by atoms with Crippen molar-refractivity contribution in [2.24, 2.45) is 5.92 Å². The van der Waals surface area contributed by atoms with Crippen LogP contribution in [0.1, 0.15) is 39.2 Å². The predicted molar refractivity (Wildman–Crippen MR) is 79.4 cm³/mol. The molecule has 96 valence electrons. The highest BCUT2D eigenvalue weighted by Crippen LogP contribution is 2.19. The largest absolute Gasteiger partial charge is 0.314 e. The molecule has 0 aliphatic carbocycles. The quantitative estimate of drug-likeness (QED) is 0.786. The molecule has 1 aromatic carbocycles. The van der Waals surface area contributed by atoms with E-state index in [-0.39, 0.29) is 0 Å². The number of halogens is 1. The summed E-state index contributed by atoms with van der Waals surface area (Å²) in [6, 6.07) is 9.18. The average molecular weight is 298 g/mol. The Morgan fingerprint density at radius 3 is 2.53 bits per heavy atom. The van der Waals surface area contributed by atoms with Gasteiger partial charge in [-0.3, -0.25) is 0 Å². The van der Waals surface area contributed by atoms with Gasteiger partial charge in [0.05, 0.1) is 0 Å². The first-order valence-electron chi connectivity index (χ1n) is 6.62. The molecule has 1 aromatic rings. The highest BCUT2D eigenvalue weighted by Gasteiger charge is 2.11. The van der Waals surface area contributed by atoms with E-state index in [1.165, 1.54) is 22.9 Å². The fourth-order valence-corrected chi connectivity index (χ4v) is 2.63. The standard InChI is InChI=1S/C15H24BrN/c1-4-17-15(12(2)3)11-7-9-13-8-5-6-10-14(13)16/h5-6,8,10,12,15,17H,4,7,9,11H2,1-3H3. The number of hydrogen-bond donors (Lipinski definition) is 1. The Bertz CT molecular complexity index is 322. The lowest BCUT2D eigenvalue weighted by Gasteiger charge is -2.21. The normalized spacial score (nSPS) is 13.0. The molecule has 0 radical (unpaired) electrons. The van der Waals surface area contributed by atoms with E-state index in [0.29, 0.717) is 12.0 Å². The van der Waals surface area contributed by atoms with Crippen molar-refractivity contribution in [1.29, 1.82) is 0 Å². The molecule has 0 aromatic heterocycles. The van der Waals surface area contributed by atoms with Crippen molar-refractivity contribution in [3.8, 4) is 0 Å². The number of aryl methyl sites for hydroxylation is 1. The summed E-state index contributed by atoms with van der Waals surface area (Å²) < 4.78 is 1.24. The van der Waals surface area contributed by atoms with E-state index in [4.69, 9.17) is 0 Å². The summed E-state index contributed by atoms with van der Waals surface area (Å²) in [5.41, 5.74) is 1.42. The molecule has 0 saturated heterocycles. The molecule has 1 rings (SSSR count). The second-order valence-corrected chi connectivity index (χ2v) is 5.75. The molecule has 0 aliphatic rings. The maximum Gasteiger partial charge on any atom is 0.0207 e. The van der Waals surface area contributed by atoms with Crippen LogP contribution in [-0.2, 0) is 6.42 Å². The topological polar surface area (TPSA) is 12.0 Å². The zero-order chi connectivity index (χ0) is 12.7. The highest BCUT2D eigenvalue weighted by molar-refractivity contribution is 9.10. The van der Waals surface area contributed by atoms with Crippen LogP contribution in [0.4, 0.5) is 0 Å². The second-order valence-electron chi connectivity index (χ2n) is 4.89. The van der Waals surface area contributed by atoms with Crippen molar-refractivity contribution < 1.29 is 0 Å². The van der Waals surface area contributed by atoms with Crippen molar-refractivity contribution in [2.75, 3.05) is 6.54 Å². The van der Waals surface area contributed by atoms with Gasteiger partial charge in [0, 0.05) is 10.5 Å². The molecular weight excluding hydrogens is 274 g/mol. The molecule has 0 aliphatic heterocycles. The van der Waals surface area contributed by atoms with Gasteiger partial charge in [0.1, 0.15) is 0 Å². The van der Waals surface area contributed by atoms with Crippen LogP contribution in [0.15, 0.2) is 28.7 Å². The molecule has 0 saturated carbocycles. The maximum absolute atomic E-state index is 3.61. The number of hydrogen-bond acceptors (Lipinski definition) is 1. The minimum atomic E-state index is 0.655. The van der Waals surface area contributed by atoms with Crippen molar-refractivity contribution in [2.45, 2.75) is 46.1 Å². The summed E-state index contributed by atoms with van der Waals surface area (Å²) in [5, 5.41) is 3.57. The Labute approximate surface area is 114 Å². The third-order valence-electron chi connectivity index (χ3n) is 3.19. The van der Waals surface area contributed by atoms with Crippen LogP contribution in [-0.4, -0.2) is 12.6 Å². The fraction of sp³-hybridized carbons (Fsp3) is 0.600. The molecule has 0 bridgehead atoms. The van der Waals surface area contributed by atoms with Crippen molar-refractivity contribution in [1.82, 2.24) is 5.32 Å². The molecule has 2 heteroatoms. The van der Waals surface area contributed by atoms with Gasteiger partial charge in [0.15, 0.2) is 0 Å². The minimum Gasteiger partial charge on any atom is -0.314 e. The van der Waals surface area contributed by atoms with E-state index in [1.54, 1.807) is 0 Å². The molecule has 0 amide bonds. The van der Waals surface area contributed by atoms with Crippen LogP contribution in [0.3, 0.4) is 0 Å². The van der Waals surface area contributed by atoms with Crippen molar-refractivity contribution in [3.63, 3.8) is 0 Å². The van der Waals surface area contributed by atoms with Crippen LogP contribution in [0, 0.1) is 5.92 Å². The Hall–Kier alpha value is -0.340. The van der Waals surface area contributed by atoms with Gasteiger partial charge < -0.3 is 5.32 Å². The summed E-state index contributed by atoms with van der Waals surface area (Å²) in [6.07, 6.45) is 3.67. The Morgan fingerprint density at radius 2 is 1.94 bits per heavy atom. The van der Waals surface area contributed by atoms with Gasteiger partial charge in [0.2, 0.25) is 0 Å². The molecule has 1 N–H and O–H groups in total. The molecular formula is C15H24BrN. The first kappa shape index (κ1) is 14.7. The van der Waals surface area contributed by atoms with Gasteiger partial charge in [-0.05, 0) is 43.4 Å². The third-order valence-corrected chi connectivity index (χ3v) is 3.96. The summed E-state index contributed by atoms with van der Waals surface area (Å²) in [4.78, 5) is 0. The van der Waals surface area contributed by atoms with Gasteiger partial charge in [-0.15, -0.1) is 0 Å². The monoisotopic (exact) mass is 297 g/mol.